The normalized spacial score (nSPS) is 7.14. The van der Waals surface area contributed by atoms with E-state index in [-0.39, 0.29) is 12.0 Å². The van der Waals surface area contributed by atoms with Crippen molar-refractivity contribution in [2.75, 3.05) is 0 Å². The summed E-state index contributed by atoms with van der Waals surface area (Å²) in [5.41, 5.74) is 7.65. The standard InChI is InChI=1S/CH3BFN3S/c1-2(7-3)5-6-4/h1H3. The molecule has 0 saturated carbocycles. The van der Waals surface area contributed by atoms with Crippen LogP contribution in [0.5, 0.6) is 0 Å². The minimum Gasteiger partial charge on any atom is -0.178 e. The molecule has 0 atom stereocenters. The molecule has 0 aromatic heterocycles. The van der Waals surface area contributed by atoms with E-state index in [1.54, 1.807) is 0 Å². The van der Waals surface area contributed by atoms with Gasteiger partial charge in [0.25, 0.3) is 0 Å². The SMILES string of the molecule is CB(N=[N+]=[N-])SF. The maximum atomic E-state index is 11.2. The molecule has 0 aliphatic heterocycles. The number of azide groups is 1. The molecule has 0 bridgehead atoms. The van der Waals surface area contributed by atoms with Crippen LogP contribution in [0.4, 0.5) is 3.89 Å². The summed E-state index contributed by atoms with van der Waals surface area (Å²) in [5, 5.41) is 3.01. The van der Waals surface area contributed by atoms with Gasteiger partial charge in [-0.2, -0.15) is 3.89 Å². The van der Waals surface area contributed by atoms with Gasteiger partial charge in [0.1, 0.15) is 0 Å². The summed E-state index contributed by atoms with van der Waals surface area (Å²) in [6.07, 6.45) is -0.593. The summed E-state index contributed by atoms with van der Waals surface area (Å²) in [4.78, 5) is 2.37. The van der Waals surface area contributed by atoms with Crippen molar-refractivity contribution in [1.29, 1.82) is 0 Å². The summed E-state index contributed by atoms with van der Waals surface area (Å²) in [6.45, 7) is 1.48. The van der Waals surface area contributed by atoms with Gasteiger partial charge in [0.15, 0.2) is 0 Å². The second-order valence-electron chi connectivity index (χ2n) is 0.893. The van der Waals surface area contributed by atoms with Gasteiger partial charge >= 0.3 is 6.13 Å². The zero-order valence-corrected chi connectivity index (χ0v) is 4.52. The Balaban J connectivity index is 3.35. The van der Waals surface area contributed by atoms with Crippen molar-refractivity contribution in [3.8, 4) is 0 Å². The fourth-order valence-electron chi connectivity index (χ4n) is 0.0905. The molecule has 0 unspecified atom stereocenters. The van der Waals surface area contributed by atoms with E-state index in [4.69, 9.17) is 5.53 Å². The van der Waals surface area contributed by atoms with Gasteiger partial charge in [-0.15, -0.1) is 5.03 Å². The van der Waals surface area contributed by atoms with Crippen LogP contribution in [0.25, 0.3) is 10.4 Å². The Labute approximate surface area is 45.2 Å². The van der Waals surface area contributed by atoms with Crippen LogP contribution in [0.1, 0.15) is 0 Å². The highest BCUT2D eigenvalue weighted by molar-refractivity contribution is 8.21. The summed E-state index contributed by atoms with van der Waals surface area (Å²) in [7, 11) is 0. The third kappa shape index (κ3) is 3.49. The van der Waals surface area contributed by atoms with E-state index in [1.165, 1.54) is 6.82 Å². The first kappa shape index (κ1) is 6.65. The summed E-state index contributed by atoms with van der Waals surface area (Å²) >= 11 is 0.0289. The Morgan fingerprint density at radius 2 is 2.57 bits per heavy atom. The Kier molecular flexibility index (Phi) is 3.64. The van der Waals surface area contributed by atoms with Crippen molar-refractivity contribution >= 4 is 18.1 Å². The van der Waals surface area contributed by atoms with Crippen molar-refractivity contribution in [3.05, 3.63) is 10.4 Å². The largest absolute Gasteiger partial charge is 0.348 e. The van der Waals surface area contributed by atoms with Crippen LogP contribution < -0.4 is 0 Å². The van der Waals surface area contributed by atoms with E-state index in [2.05, 4.69) is 9.94 Å². The van der Waals surface area contributed by atoms with Gasteiger partial charge in [0.2, 0.25) is 0 Å². The van der Waals surface area contributed by atoms with E-state index in [9.17, 15) is 3.89 Å². The minimum atomic E-state index is -0.593. The fourth-order valence-corrected chi connectivity index (χ4v) is 0.168. The second-order valence-corrected chi connectivity index (χ2v) is 1.75. The van der Waals surface area contributed by atoms with E-state index in [0.29, 0.717) is 0 Å². The fraction of sp³-hybridized carbons (Fsp3) is 1.00. The lowest BCUT2D eigenvalue weighted by Crippen LogP contribution is -1.88. The smallest absolute Gasteiger partial charge is 0.178 e. The third-order valence-electron chi connectivity index (χ3n) is 0.343. The minimum absolute atomic E-state index is 0.0289. The molecule has 0 heterocycles. The van der Waals surface area contributed by atoms with E-state index >= 15 is 0 Å². The zero-order valence-electron chi connectivity index (χ0n) is 3.71. The predicted octanol–water partition coefficient (Wildman–Crippen LogP) is 2.03. The molecule has 0 aromatic rings. The number of nitrogens with zero attached hydrogens (tertiary/aromatic N) is 3. The van der Waals surface area contributed by atoms with Crippen LogP contribution in [0.15, 0.2) is 5.03 Å². The monoisotopic (exact) mass is 119 g/mol. The molecule has 0 aliphatic rings. The van der Waals surface area contributed by atoms with Gasteiger partial charge in [-0.3, -0.25) is 0 Å². The lowest BCUT2D eigenvalue weighted by atomic mass is 10.0. The van der Waals surface area contributed by atoms with Gasteiger partial charge in [-0.05, 0) is 22.4 Å². The molecule has 0 rings (SSSR count). The molecule has 0 amide bonds. The second kappa shape index (κ2) is 3.83. The molecular formula is CH3BFN3S. The van der Waals surface area contributed by atoms with Crippen LogP contribution in [0.2, 0.25) is 6.82 Å². The first-order chi connectivity index (χ1) is 3.31. The molecule has 0 radical (unpaired) electrons. The summed E-state index contributed by atoms with van der Waals surface area (Å²) in [5.74, 6) is 0. The molecular weight excluding hydrogens is 116 g/mol. The Morgan fingerprint density at radius 1 is 2.00 bits per heavy atom. The number of hydrogen-bond acceptors (Lipinski definition) is 2. The Bertz CT molecular complexity index is 90.9. The zero-order chi connectivity index (χ0) is 5.70. The number of rotatable bonds is 2. The van der Waals surface area contributed by atoms with Crippen molar-refractivity contribution in [1.82, 2.24) is 0 Å². The van der Waals surface area contributed by atoms with Crippen molar-refractivity contribution in [2.45, 2.75) is 6.82 Å². The van der Waals surface area contributed by atoms with Crippen LogP contribution in [0.3, 0.4) is 0 Å². The quantitative estimate of drug-likeness (QED) is 0.237. The molecule has 7 heavy (non-hydrogen) atoms. The molecule has 0 aliphatic carbocycles. The first-order valence-electron chi connectivity index (χ1n) is 1.63. The van der Waals surface area contributed by atoms with Gasteiger partial charge in [0.05, 0.1) is 0 Å². The third-order valence-corrected chi connectivity index (χ3v) is 0.695. The van der Waals surface area contributed by atoms with Crippen molar-refractivity contribution < 1.29 is 3.89 Å². The molecule has 38 valence electrons. The van der Waals surface area contributed by atoms with Crippen LogP contribution in [0, 0.1) is 0 Å². The highest BCUT2D eigenvalue weighted by Gasteiger charge is 2.01. The maximum absolute atomic E-state index is 11.2. The maximum Gasteiger partial charge on any atom is 0.348 e. The first-order valence-corrected chi connectivity index (χ1v) is 2.41. The molecule has 6 heteroatoms. The van der Waals surface area contributed by atoms with E-state index in [1.807, 2.05) is 0 Å². The van der Waals surface area contributed by atoms with Gasteiger partial charge in [0, 0.05) is 0 Å². The average molecular weight is 119 g/mol. The lowest BCUT2D eigenvalue weighted by molar-refractivity contribution is 0.950. The average Bonchev–Trinajstić information content (AvgIpc) is 1.68. The molecule has 0 saturated heterocycles. The van der Waals surface area contributed by atoms with Gasteiger partial charge in [-0.25, -0.2) is 0 Å². The Hall–Kier alpha value is -0.345. The Morgan fingerprint density at radius 3 is 2.71 bits per heavy atom. The number of hydrogen-bond donors (Lipinski definition) is 0. The lowest BCUT2D eigenvalue weighted by Gasteiger charge is -1.81. The van der Waals surface area contributed by atoms with Gasteiger partial charge in [-0.1, -0.05) is 6.82 Å². The molecule has 0 N–H and O–H groups in total. The van der Waals surface area contributed by atoms with E-state index in [0.717, 1.165) is 0 Å². The molecule has 0 spiro atoms. The van der Waals surface area contributed by atoms with Crippen LogP contribution in [-0.4, -0.2) is 6.13 Å². The van der Waals surface area contributed by atoms with E-state index < -0.39 is 6.13 Å². The highest BCUT2D eigenvalue weighted by Crippen LogP contribution is 2.06. The number of halogens is 1. The van der Waals surface area contributed by atoms with Crippen LogP contribution >= 0.6 is 12.0 Å². The topological polar surface area (TPSA) is 48.8 Å². The van der Waals surface area contributed by atoms with Crippen molar-refractivity contribution in [2.24, 2.45) is 5.03 Å². The van der Waals surface area contributed by atoms with Crippen LogP contribution in [-0.2, 0) is 0 Å². The van der Waals surface area contributed by atoms with Gasteiger partial charge < -0.3 is 0 Å². The predicted molar refractivity (Wildman–Crippen MR) is 29.5 cm³/mol. The summed E-state index contributed by atoms with van der Waals surface area (Å²) < 4.78 is 11.2. The molecule has 3 nitrogen and oxygen atoms in total. The molecule has 0 fully saturated rings. The van der Waals surface area contributed by atoms with Crippen molar-refractivity contribution in [3.63, 3.8) is 0 Å². The highest BCUT2D eigenvalue weighted by atomic mass is 32.2. The molecule has 0 aromatic carbocycles. The summed E-state index contributed by atoms with van der Waals surface area (Å²) in [6, 6.07) is 0.